The highest BCUT2D eigenvalue weighted by atomic mass is 16.6. The maximum absolute atomic E-state index is 12.9. The van der Waals surface area contributed by atoms with E-state index in [1.165, 1.54) is 89.9 Å². The number of carbonyl (C=O) groups is 3. The van der Waals surface area contributed by atoms with Gasteiger partial charge in [0.2, 0.25) is 0 Å². The van der Waals surface area contributed by atoms with Crippen LogP contribution in [0.15, 0.2) is 109 Å². The highest BCUT2D eigenvalue weighted by Gasteiger charge is 2.19. The molecule has 0 rings (SSSR count). The summed E-state index contributed by atoms with van der Waals surface area (Å²) in [6, 6.07) is 0. The minimum absolute atomic E-state index is 0.0910. The molecular formula is C65H108O6. The summed E-state index contributed by atoms with van der Waals surface area (Å²) < 4.78 is 16.9. The number of hydrogen-bond donors (Lipinski definition) is 0. The molecule has 71 heavy (non-hydrogen) atoms. The third-order valence-corrected chi connectivity index (χ3v) is 12.3. The van der Waals surface area contributed by atoms with Gasteiger partial charge in [-0.05, 0) is 103 Å². The van der Waals surface area contributed by atoms with Crippen LogP contribution in [-0.4, -0.2) is 37.2 Å². The first-order valence-electron chi connectivity index (χ1n) is 29.4. The Balaban J connectivity index is 4.41. The summed E-state index contributed by atoms with van der Waals surface area (Å²) in [5, 5.41) is 0. The molecule has 0 aliphatic heterocycles. The average molecular weight is 986 g/mol. The monoisotopic (exact) mass is 985 g/mol. The number of unbranched alkanes of at least 4 members (excludes halogenated alkanes) is 23. The Labute approximate surface area is 438 Å². The van der Waals surface area contributed by atoms with Crippen molar-refractivity contribution in [1.29, 1.82) is 0 Å². The van der Waals surface area contributed by atoms with Crippen LogP contribution in [0.5, 0.6) is 0 Å². The second kappa shape index (κ2) is 58.6. The van der Waals surface area contributed by atoms with Gasteiger partial charge in [0, 0.05) is 19.3 Å². The van der Waals surface area contributed by atoms with Gasteiger partial charge in [0.15, 0.2) is 6.10 Å². The Bertz CT molecular complexity index is 1460. The molecule has 0 amide bonds. The van der Waals surface area contributed by atoms with E-state index in [4.69, 9.17) is 14.2 Å². The molecule has 1 unspecified atom stereocenters. The first-order valence-corrected chi connectivity index (χ1v) is 29.4. The van der Waals surface area contributed by atoms with Crippen molar-refractivity contribution < 1.29 is 28.6 Å². The smallest absolute Gasteiger partial charge is 0.306 e. The maximum Gasteiger partial charge on any atom is 0.306 e. The average Bonchev–Trinajstić information content (AvgIpc) is 3.37. The fourth-order valence-electron chi connectivity index (χ4n) is 7.93. The van der Waals surface area contributed by atoms with E-state index in [-0.39, 0.29) is 31.1 Å². The van der Waals surface area contributed by atoms with Crippen LogP contribution >= 0.6 is 0 Å². The van der Waals surface area contributed by atoms with Gasteiger partial charge in [-0.25, -0.2) is 0 Å². The van der Waals surface area contributed by atoms with E-state index < -0.39 is 6.10 Å². The predicted octanol–water partition coefficient (Wildman–Crippen LogP) is 19.9. The Morgan fingerprint density at radius 3 is 0.859 bits per heavy atom. The summed E-state index contributed by atoms with van der Waals surface area (Å²) in [7, 11) is 0. The zero-order valence-electron chi connectivity index (χ0n) is 46.2. The highest BCUT2D eigenvalue weighted by molar-refractivity contribution is 5.71. The molecule has 6 heteroatoms. The quantitative estimate of drug-likeness (QED) is 0.0261. The summed E-state index contributed by atoms with van der Waals surface area (Å²) in [6.07, 6.45) is 79.3. The summed E-state index contributed by atoms with van der Waals surface area (Å²) >= 11 is 0. The van der Waals surface area contributed by atoms with Gasteiger partial charge >= 0.3 is 17.9 Å². The van der Waals surface area contributed by atoms with E-state index in [9.17, 15) is 14.4 Å². The van der Waals surface area contributed by atoms with Crippen LogP contribution in [-0.2, 0) is 28.6 Å². The van der Waals surface area contributed by atoms with Gasteiger partial charge in [0.25, 0.3) is 0 Å². The Morgan fingerprint density at radius 2 is 0.549 bits per heavy atom. The molecule has 0 fully saturated rings. The number of ether oxygens (including phenoxy) is 3. The first kappa shape index (κ1) is 67.1. The maximum atomic E-state index is 12.9. The summed E-state index contributed by atoms with van der Waals surface area (Å²) in [5.74, 6) is -0.923. The van der Waals surface area contributed by atoms with Crippen LogP contribution in [0.1, 0.15) is 265 Å². The van der Waals surface area contributed by atoms with Crippen molar-refractivity contribution in [1.82, 2.24) is 0 Å². The molecular weight excluding hydrogens is 877 g/mol. The standard InChI is InChI=1S/C65H108O6/c1-4-7-10-13-16-19-22-25-27-29-30-31-32-33-34-36-37-40-43-46-49-52-55-58-64(67)70-61-62(60-69-63(66)57-54-51-48-45-42-39-24-21-18-15-12-9-6-3)71-65(68)59-56-53-50-47-44-41-38-35-28-26-23-20-17-14-11-8-5-2/h7-8,10-11,16-17,19-20,25-28,30-31,33-34,38,41,62H,4-6,9,12-15,18,21-24,29,32,35-37,39-40,42-61H2,1-3H3/b10-7-,11-8-,19-16-,20-17-,27-25-,28-26-,31-30-,34-33-,41-38-. The van der Waals surface area contributed by atoms with Crippen molar-refractivity contribution in [2.45, 2.75) is 271 Å². The van der Waals surface area contributed by atoms with Crippen LogP contribution in [0.3, 0.4) is 0 Å². The number of hydrogen-bond acceptors (Lipinski definition) is 6. The molecule has 0 radical (unpaired) electrons. The summed E-state index contributed by atoms with van der Waals surface area (Å²) in [6.45, 7) is 6.39. The van der Waals surface area contributed by atoms with Crippen LogP contribution in [0, 0.1) is 0 Å². The molecule has 0 aliphatic carbocycles. The molecule has 0 aliphatic rings. The van der Waals surface area contributed by atoms with Crippen LogP contribution in [0.4, 0.5) is 0 Å². The lowest BCUT2D eigenvalue weighted by Crippen LogP contribution is -2.30. The Kier molecular flexibility index (Phi) is 55.4. The minimum Gasteiger partial charge on any atom is -0.462 e. The van der Waals surface area contributed by atoms with Crippen molar-refractivity contribution >= 4 is 17.9 Å². The molecule has 0 saturated carbocycles. The lowest BCUT2D eigenvalue weighted by Gasteiger charge is -2.18. The van der Waals surface area contributed by atoms with E-state index in [1.54, 1.807) is 0 Å². The third kappa shape index (κ3) is 56.9. The van der Waals surface area contributed by atoms with Gasteiger partial charge in [0.1, 0.15) is 13.2 Å². The second-order valence-electron chi connectivity index (χ2n) is 19.1. The number of allylic oxidation sites excluding steroid dienone is 18. The molecule has 1 atom stereocenters. The summed E-state index contributed by atoms with van der Waals surface area (Å²) in [5.41, 5.74) is 0. The molecule has 0 bridgehead atoms. The molecule has 0 aromatic rings. The van der Waals surface area contributed by atoms with Crippen molar-refractivity contribution in [2.24, 2.45) is 0 Å². The Morgan fingerprint density at radius 1 is 0.296 bits per heavy atom. The SMILES string of the molecule is CC/C=C\C/C=C\C/C=C\C/C=C\C/C=C\CCCCCCCCCC(=O)OCC(COC(=O)CCCCCCCCCCCCCCC)OC(=O)CCCCCC/C=C\C/C=C\C/C=C\C/C=C\CC. The van der Waals surface area contributed by atoms with Gasteiger partial charge < -0.3 is 14.2 Å². The van der Waals surface area contributed by atoms with E-state index in [1.807, 2.05) is 0 Å². The van der Waals surface area contributed by atoms with Gasteiger partial charge in [-0.15, -0.1) is 0 Å². The zero-order chi connectivity index (χ0) is 51.4. The number of esters is 3. The first-order chi connectivity index (χ1) is 35.0. The van der Waals surface area contributed by atoms with E-state index in [0.717, 1.165) is 135 Å². The number of carbonyl (C=O) groups excluding carboxylic acids is 3. The van der Waals surface area contributed by atoms with Crippen molar-refractivity contribution in [3.8, 4) is 0 Å². The molecule has 404 valence electrons. The zero-order valence-corrected chi connectivity index (χ0v) is 46.2. The minimum atomic E-state index is -0.796. The topological polar surface area (TPSA) is 78.9 Å². The van der Waals surface area contributed by atoms with Crippen molar-refractivity contribution in [2.75, 3.05) is 13.2 Å². The van der Waals surface area contributed by atoms with Gasteiger partial charge in [-0.3, -0.25) is 14.4 Å². The summed E-state index contributed by atoms with van der Waals surface area (Å²) in [4.78, 5) is 38.2. The van der Waals surface area contributed by atoms with Crippen LogP contribution in [0.25, 0.3) is 0 Å². The van der Waals surface area contributed by atoms with Crippen LogP contribution in [0.2, 0.25) is 0 Å². The van der Waals surface area contributed by atoms with Crippen LogP contribution < -0.4 is 0 Å². The molecule has 0 aromatic carbocycles. The predicted molar refractivity (Wildman–Crippen MR) is 307 cm³/mol. The fourth-order valence-corrected chi connectivity index (χ4v) is 7.93. The molecule has 6 nitrogen and oxygen atoms in total. The fraction of sp³-hybridized carbons (Fsp3) is 0.677. The van der Waals surface area contributed by atoms with E-state index in [2.05, 4.69) is 130 Å². The number of rotatable bonds is 52. The van der Waals surface area contributed by atoms with Gasteiger partial charge in [0.05, 0.1) is 0 Å². The van der Waals surface area contributed by atoms with Crippen molar-refractivity contribution in [3.63, 3.8) is 0 Å². The van der Waals surface area contributed by atoms with Gasteiger partial charge in [-0.2, -0.15) is 0 Å². The molecule has 0 spiro atoms. The molecule has 0 saturated heterocycles. The molecule has 0 N–H and O–H groups in total. The second-order valence-corrected chi connectivity index (χ2v) is 19.1. The van der Waals surface area contributed by atoms with Gasteiger partial charge in [-0.1, -0.05) is 252 Å². The lowest BCUT2D eigenvalue weighted by atomic mass is 10.0. The normalized spacial score (nSPS) is 12.9. The molecule has 0 aromatic heterocycles. The van der Waals surface area contributed by atoms with E-state index in [0.29, 0.717) is 19.3 Å². The van der Waals surface area contributed by atoms with Crippen molar-refractivity contribution in [3.05, 3.63) is 109 Å². The third-order valence-electron chi connectivity index (χ3n) is 12.3. The molecule has 0 heterocycles. The highest BCUT2D eigenvalue weighted by Crippen LogP contribution is 2.15. The van der Waals surface area contributed by atoms with E-state index >= 15 is 0 Å². The largest absolute Gasteiger partial charge is 0.462 e. The lowest BCUT2D eigenvalue weighted by molar-refractivity contribution is -0.167. The Hall–Kier alpha value is -3.93.